The van der Waals surface area contributed by atoms with Crippen LogP contribution in [0.25, 0.3) is 0 Å². The molecule has 0 spiro atoms. The standard InChI is InChI=1S/C15H20Cl2N2O4S/c1-24(21,22)19(14-9-12(16)8-13(17)10-14)5-4-18-15(20)11-2-6-23-7-3-11/h8-11H,2-7H2,1H3,(H,18,20). The van der Waals surface area contributed by atoms with Gasteiger partial charge in [0.2, 0.25) is 15.9 Å². The molecule has 2 rings (SSSR count). The minimum Gasteiger partial charge on any atom is -0.381 e. The normalized spacial score (nSPS) is 16.0. The van der Waals surface area contributed by atoms with Crippen LogP contribution in [0.4, 0.5) is 5.69 Å². The van der Waals surface area contributed by atoms with E-state index in [9.17, 15) is 13.2 Å². The van der Waals surface area contributed by atoms with E-state index in [1.807, 2.05) is 0 Å². The molecule has 1 aliphatic heterocycles. The number of amides is 1. The van der Waals surface area contributed by atoms with Crippen LogP contribution in [0.5, 0.6) is 0 Å². The lowest BCUT2D eigenvalue weighted by Crippen LogP contribution is -2.41. The molecule has 134 valence electrons. The summed E-state index contributed by atoms with van der Waals surface area (Å²) >= 11 is 11.9. The number of carbonyl (C=O) groups is 1. The number of benzene rings is 1. The summed E-state index contributed by atoms with van der Waals surface area (Å²) in [6.07, 6.45) is 2.47. The fourth-order valence-electron chi connectivity index (χ4n) is 2.55. The summed E-state index contributed by atoms with van der Waals surface area (Å²) in [6.45, 7) is 1.46. The average Bonchev–Trinajstić information content (AvgIpc) is 2.50. The van der Waals surface area contributed by atoms with Crippen molar-refractivity contribution in [2.75, 3.05) is 36.9 Å². The van der Waals surface area contributed by atoms with E-state index < -0.39 is 10.0 Å². The SMILES string of the molecule is CS(=O)(=O)N(CCNC(=O)C1CCOCC1)c1cc(Cl)cc(Cl)c1. The summed E-state index contributed by atoms with van der Waals surface area (Å²) < 4.78 is 30.5. The van der Waals surface area contributed by atoms with Gasteiger partial charge in [-0.3, -0.25) is 9.10 Å². The van der Waals surface area contributed by atoms with Crippen molar-refractivity contribution < 1.29 is 17.9 Å². The van der Waals surface area contributed by atoms with Crippen LogP contribution in [0, 0.1) is 5.92 Å². The molecule has 0 aromatic heterocycles. The quantitative estimate of drug-likeness (QED) is 0.802. The van der Waals surface area contributed by atoms with Gasteiger partial charge in [0.15, 0.2) is 0 Å². The first-order valence-corrected chi connectivity index (χ1v) is 10.2. The van der Waals surface area contributed by atoms with E-state index in [-0.39, 0.29) is 24.9 Å². The molecule has 6 nitrogen and oxygen atoms in total. The summed E-state index contributed by atoms with van der Waals surface area (Å²) in [5, 5.41) is 3.48. The molecular weight excluding hydrogens is 375 g/mol. The Labute approximate surface area is 152 Å². The number of nitrogens with one attached hydrogen (secondary N) is 1. The maximum Gasteiger partial charge on any atom is 0.232 e. The summed E-state index contributed by atoms with van der Waals surface area (Å²) in [6, 6.07) is 4.57. The van der Waals surface area contributed by atoms with Crippen molar-refractivity contribution in [1.29, 1.82) is 0 Å². The lowest BCUT2D eigenvalue weighted by atomic mass is 9.99. The van der Waals surface area contributed by atoms with Crippen LogP contribution < -0.4 is 9.62 Å². The summed E-state index contributed by atoms with van der Waals surface area (Å²) in [7, 11) is -3.53. The van der Waals surface area contributed by atoms with Gasteiger partial charge in [-0.05, 0) is 31.0 Å². The monoisotopic (exact) mass is 394 g/mol. The molecule has 24 heavy (non-hydrogen) atoms. The van der Waals surface area contributed by atoms with Gasteiger partial charge in [-0.25, -0.2) is 8.42 Å². The molecule has 1 aliphatic rings. The Morgan fingerprint density at radius 2 is 1.83 bits per heavy atom. The molecule has 1 saturated heterocycles. The molecule has 1 heterocycles. The second-order valence-corrected chi connectivity index (χ2v) is 8.42. The number of rotatable bonds is 6. The molecule has 0 unspecified atom stereocenters. The lowest BCUT2D eigenvalue weighted by molar-refractivity contribution is -0.127. The van der Waals surface area contributed by atoms with E-state index in [1.54, 1.807) is 0 Å². The van der Waals surface area contributed by atoms with Crippen molar-refractivity contribution in [3.05, 3.63) is 28.2 Å². The third kappa shape index (κ3) is 5.51. The molecule has 0 radical (unpaired) electrons. The maximum absolute atomic E-state index is 12.1. The molecule has 1 fully saturated rings. The van der Waals surface area contributed by atoms with Crippen LogP contribution in [-0.2, 0) is 19.6 Å². The van der Waals surface area contributed by atoms with Gasteiger partial charge in [0.05, 0.1) is 18.5 Å². The zero-order chi connectivity index (χ0) is 17.7. The van der Waals surface area contributed by atoms with Crippen molar-refractivity contribution in [2.45, 2.75) is 12.8 Å². The first kappa shape index (κ1) is 19.3. The molecule has 0 atom stereocenters. The molecular formula is C15H20Cl2N2O4S. The number of halogens is 2. The molecule has 0 bridgehead atoms. The second kappa shape index (κ2) is 8.38. The Kier molecular flexibility index (Phi) is 6.74. The molecule has 0 aliphatic carbocycles. The largest absolute Gasteiger partial charge is 0.381 e. The smallest absolute Gasteiger partial charge is 0.232 e. The van der Waals surface area contributed by atoms with Gasteiger partial charge in [-0.15, -0.1) is 0 Å². The zero-order valence-electron chi connectivity index (χ0n) is 13.3. The number of carbonyl (C=O) groups excluding carboxylic acids is 1. The number of hydrogen-bond acceptors (Lipinski definition) is 4. The Hall–Kier alpha value is -1.02. The third-order valence-corrected chi connectivity index (χ3v) is 5.37. The highest BCUT2D eigenvalue weighted by Crippen LogP contribution is 2.26. The average molecular weight is 395 g/mol. The highest BCUT2D eigenvalue weighted by Gasteiger charge is 2.22. The van der Waals surface area contributed by atoms with Crippen LogP contribution in [0.3, 0.4) is 0 Å². The third-order valence-electron chi connectivity index (χ3n) is 3.74. The topological polar surface area (TPSA) is 75.7 Å². The molecule has 1 aromatic rings. The van der Waals surface area contributed by atoms with Crippen molar-refractivity contribution >= 4 is 44.8 Å². The molecule has 9 heteroatoms. The number of ether oxygens (including phenoxy) is 1. The van der Waals surface area contributed by atoms with Gasteiger partial charge < -0.3 is 10.1 Å². The van der Waals surface area contributed by atoms with Crippen LogP contribution in [-0.4, -0.2) is 46.9 Å². The van der Waals surface area contributed by atoms with Gasteiger partial charge in [0.1, 0.15) is 0 Å². The lowest BCUT2D eigenvalue weighted by Gasteiger charge is -2.25. The highest BCUT2D eigenvalue weighted by atomic mass is 35.5. The van der Waals surface area contributed by atoms with Crippen LogP contribution >= 0.6 is 23.2 Å². The van der Waals surface area contributed by atoms with E-state index in [1.165, 1.54) is 22.5 Å². The predicted octanol–water partition coefficient (Wildman–Crippen LogP) is 2.30. The van der Waals surface area contributed by atoms with E-state index in [2.05, 4.69) is 5.32 Å². The highest BCUT2D eigenvalue weighted by molar-refractivity contribution is 7.92. The van der Waals surface area contributed by atoms with Crippen LogP contribution in [0.1, 0.15) is 12.8 Å². The molecule has 1 N–H and O–H groups in total. The van der Waals surface area contributed by atoms with Crippen LogP contribution in [0.2, 0.25) is 10.0 Å². The van der Waals surface area contributed by atoms with E-state index >= 15 is 0 Å². The van der Waals surface area contributed by atoms with Gasteiger partial charge in [0.25, 0.3) is 0 Å². The minimum absolute atomic E-state index is 0.0733. The van der Waals surface area contributed by atoms with Gasteiger partial charge in [-0.2, -0.15) is 0 Å². The van der Waals surface area contributed by atoms with Gasteiger partial charge in [0, 0.05) is 35.7 Å². The first-order valence-electron chi connectivity index (χ1n) is 7.56. The fourth-order valence-corrected chi connectivity index (χ4v) is 3.98. The van der Waals surface area contributed by atoms with Gasteiger partial charge >= 0.3 is 0 Å². The maximum atomic E-state index is 12.1. The second-order valence-electron chi connectivity index (χ2n) is 5.64. The van der Waals surface area contributed by atoms with Crippen LogP contribution in [0.15, 0.2) is 18.2 Å². The summed E-state index contributed by atoms with van der Waals surface area (Å²) in [4.78, 5) is 12.1. The van der Waals surface area contributed by atoms with E-state index in [0.29, 0.717) is 41.8 Å². The number of sulfonamides is 1. The van der Waals surface area contributed by atoms with Crippen molar-refractivity contribution in [3.8, 4) is 0 Å². The molecule has 1 aromatic carbocycles. The van der Waals surface area contributed by atoms with Crippen molar-refractivity contribution in [2.24, 2.45) is 5.92 Å². The Morgan fingerprint density at radius 1 is 1.25 bits per heavy atom. The Balaban J connectivity index is 2.01. The predicted molar refractivity (Wildman–Crippen MR) is 95.2 cm³/mol. The molecule has 1 amide bonds. The summed E-state index contributed by atoms with van der Waals surface area (Å²) in [5.41, 5.74) is 0.371. The van der Waals surface area contributed by atoms with Crippen molar-refractivity contribution in [1.82, 2.24) is 5.32 Å². The van der Waals surface area contributed by atoms with Gasteiger partial charge in [-0.1, -0.05) is 23.2 Å². The van der Waals surface area contributed by atoms with E-state index in [0.717, 1.165) is 6.26 Å². The minimum atomic E-state index is -3.53. The number of anilines is 1. The Morgan fingerprint density at radius 3 is 2.38 bits per heavy atom. The first-order chi connectivity index (χ1) is 11.3. The fraction of sp³-hybridized carbons (Fsp3) is 0.533. The Bertz CT molecular complexity index is 670. The number of hydrogen-bond donors (Lipinski definition) is 1. The van der Waals surface area contributed by atoms with E-state index in [4.69, 9.17) is 27.9 Å². The molecule has 0 saturated carbocycles. The van der Waals surface area contributed by atoms with Crippen molar-refractivity contribution in [3.63, 3.8) is 0 Å². The summed E-state index contributed by atoms with van der Waals surface area (Å²) in [5.74, 6) is -0.151. The number of nitrogens with zero attached hydrogens (tertiary/aromatic N) is 1. The zero-order valence-corrected chi connectivity index (χ0v) is 15.6.